The number of benzene rings is 2. The van der Waals surface area contributed by atoms with Gasteiger partial charge in [0.1, 0.15) is 0 Å². The third-order valence-corrected chi connectivity index (χ3v) is 3.96. The Hall–Kier alpha value is -3.41. The molecular formula is C20H20N4O2. The number of nitrogens with zero attached hydrogens (tertiary/aromatic N) is 1. The van der Waals surface area contributed by atoms with Crippen LogP contribution in [0.3, 0.4) is 0 Å². The SMILES string of the molecule is Cc1[nH]c2ccccc2c1/C=N\NC(=O)CCC(=O)Nc1ccccc1. The fourth-order valence-corrected chi connectivity index (χ4v) is 2.66. The fraction of sp³-hybridized carbons (Fsp3) is 0.150. The first-order chi connectivity index (χ1) is 12.6. The Morgan fingerprint density at radius 1 is 1.00 bits per heavy atom. The summed E-state index contributed by atoms with van der Waals surface area (Å²) >= 11 is 0. The number of aryl methyl sites for hydroxylation is 1. The number of anilines is 1. The van der Waals surface area contributed by atoms with Gasteiger partial charge in [-0.05, 0) is 25.1 Å². The van der Waals surface area contributed by atoms with Crippen LogP contribution < -0.4 is 10.7 Å². The second kappa shape index (κ2) is 8.11. The van der Waals surface area contributed by atoms with Crippen molar-refractivity contribution in [3.8, 4) is 0 Å². The molecule has 132 valence electrons. The van der Waals surface area contributed by atoms with Crippen LogP contribution in [0.5, 0.6) is 0 Å². The summed E-state index contributed by atoms with van der Waals surface area (Å²) in [5.74, 6) is -0.509. The van der Waals surface area contributed by atoms with E-state index in [2.05, 4.69) is 20.8 Å². The lowest BCUT2D eigenvalue weighted by molar-refractivity contribution is -0.124. The highest BCUT2D eigenvalue weighted by atomic mass is 16.2. The minimum atomic E-state index is -0.304. The standard InChI is InChI=1S/C20H20N4O2/c1-14-17(16-9-5-6-10-18(16)22-14)13-21-24-20(26)12-11-19(25)23-15-7-3-2-4-8-15/h2-10,13,22H,11-12H2,1H3,(H,23,25)(H,24,26)/b21-13-. The van der Waals surface area contributed by atoms with E-state index in [9.17, 15) is 9.59 Å². The average Bonchev–Trinajstić information content (AvgIpc) is 2.96. The highest BCUT2D eigenvalue weighted by Crippen LogP contribution is 2.19. The van der Waals surface area contributed by atoms with E-state index in [1.165, 1.54) is 0 Å². The normalized spacial score (nSPS) is 11.0. The van der Waals surface area contributed by atoms with Gasteiger partial charge < -0.3 is 10.3 Å². The van der Waals surface area contributed by atoms with E-state index in [4.69, 9.17) is 0 Å². The number of rotatable bonds is 6. The Bertz CT molecular complexity index is 945. The summed E-state index contributed by atoms with van der Waals surface area (Å²) in [5.41, 5.74) is 6.12. The molecule has 1 heterocycles. The molecule has 2 amide bonds. The van der Waals surface area contributed by atoms with Crippen LogP contribution in [0.15, 0.2) is 59.7 Å². The van der Waals surface area contributed by atoms with Crippen molar-refractivity contribution in [2.45, 2.75) is 19.8 Å². The number of carbonyl (C=O) groups excluding carboxylic acids is 2. The van der Waals surface area contributed by atoms with Crippen molar-refractivity contribution in [1.29, 1.82) is 0 Å². The van der Waals surface area contributed by atoms with Crippen molar-refractivity contribution < 1.29 is 9.59 Å². The first-order valence-electron chi connectivity index (χ1n) is 8.37. The quantitative estimate of drug-likeness (QED) is 0.471. The summed E-state index contributed by atoms with van der Waals surface area (Å²) in [6.45, 7) is 1.96. The largest absolute Gasteiger partial charge is 0.358 e. The van der Waals surface area contributed by atoms with Gasteiger partial charge in [0.2, 0.25) is 11.8 Å². The lowest BCUT2D eigenvalue weighted by Crippen LogP contribution is -2.20. The van der Waals surface area contributed by atoms with Crippen LogP contribution in [0.25, 0.3) is 10.9 Å². The molecule has 26 heavy (non-hydrogen) atoms. The maximum atomic E-state index is 11.9. The van der Waals surface area contributed by atoms with Crippen LogP contribution in [0, 0.1) is 6.92 Å². The number of hydrogen-bond donors (Lipinski definition) is 3. The fourth-order valence-electron chi connectivity index (χ4n) is 2.66. The topological polar surface area (TPSA) is 86.3 Å². The number of aromatic nitrogens is 1. The Morgan fingerprint density at radius 2 is 1.69 bits per heavy atom. The molecule has 0 saturated carbocycles. The Labute approximate surface area is 151 Å². The van der Waals surface area contributed by atoms with Crippen LogP contribution in [-0.4, -0.2) is 23.0 Å². The maximum Gasteiger partial charge on any atom is 0.240 e. The van der Waals surface area contributed by atoms with E-state index in [1.54, 1.807) is 18.3 Å². The molecule has 0 fully saturated rings. The zero-order valence-electron chi connectivity index (χ0n) is 14.5. The smallest absolute Gasteiger partial charge is 0.240 e. The van der Waals surface area contributed by atoms with E-state index in [0.717, 1.165) is 22.2 Å². The lowest BCUT2D eigenvalue weighted by Gasteiger charge is -2.04. The molecule has 0 saturated heterocycles. The van der Waals surface area contributed by atoms with E-state index in [-0.39, 0.29) is 24.7 Å². The number of amides is 2. The van der Waals surface area contributed by atoms with Gasteiger partial charge >= 0.3 is 0 Å². The molecule has 0 atom stereocenters. The summed E-state index contributed by atoms with van der Waals surface area (Å²) in [5, 5.41) is 7.80. The van der Waals surface area contributed by atoms with Gasteiger partial charge in [0.15, 0.2) is 0 Å². The molecule has 1 aromatic heterocycles. The molecule has 6 heteroatoms. The van der Waals surface area contributed by atoms with Crippen molar-refractivity contribution in [1.82, 2.24) is 10.4 Å². The van der Waals surface area contributed by atoms with E-state index in [0.29, 0.717) is 5.69 Å². The predicted octanol–water partition coefficient (Wildman–Crippen LogP) is 3.35. The van der Waals surface area contributed by atoms with Gasteiger partial charge in [-0.1, -0.05) is 36.4 Å². The molecule has 3 rings (SSSR count). The number of carbonyl (C=O) groups is 2. The molecule has 0 radical (unpaired) electrons. The summed E-state index contributed by atoms with van der Waals surface area (Å²) in [7, 11) is 0. The van der Waals surface area contributed by atoms with Crippen LogP contribution in [-0.2, 0) is 9.59 Å². The Morgan fingerprint density at radius 3 is 2.50 bits per heavy atom. The third-order valence-electron chi connectivity index (χ3n) is 3.96. The zero-order valence-corrected chi connectivity index (χ0v) is 14.5. The highest BCUT2D eigenvalue weighted by Gasteiger charge is 2.08. The average molecular weight is 348 g/mol. The van der Waals surface area contributed by atoms with Crippen LogP contribution >= 0.6 is 0 Å². The van der Waals surface area contributed by atoms with Crippen molar-refractivity contribution >= 4 is 34.6 Å². The van der Waals surface area contributed by atoms with Gasteiger partial charge in [-0.2, -0.15) is 5.10 Å². The van der Waals surface area contributed by atoms with Crippen molar-refractivity contribution in [3.05, 3.63) is 65.9 Å². The number of aromatic amines is 1. The molecule has 0 aliphatic heterocycles. The van der Waals surface area contributed by atoms with Gasteiger partial charge in [0.25, 0.3) is 0 Å². The van der Waals surface area contributed by atoms with E-state index >= 15 is 0 Å². The first-order valence-corrected chi connectivity index (χ1v) is 8.37. The number of H-pyrrole nitrogens is 1. The van der Waals surface area contributed by atoms with Gasteiger partial charge in [-0.15, -0.1) is 0 Å². The number of hydrogen-bond acceptors (Lipinski definition) is 3. The Kier molecular flexibility index (Phi) is 5.43. The van der Waals surface area contributed by atoms with Gasteiger partial charge in [-0.3, -0.25) is 9.59 Å². The highest BCUT2D eigenvalue weighted by molar-refractivity contribution is 6.01. The van der Waals surface area contributed by atoms with Crippen molar-refractivity contribution in [2.24, 2.45) is 5.10 Å². The van der Waals surface area contributed by atoms with Gasteiger partial charge in [-0.25, -0.2) is 5.43 Å². The molecule has 0 aliphatic carbocycles. The van der Waals surface area contributed by atoms with Crippen molar-refractivity contribution in [3.63, 3.8) is 0 Å². The molecule has 2 aromatic carbocycles. The van der Waals surface area contributed by atoms with E-state index < -0.39 is 0 Å². The molecule has 0 bridgehead atoms. The van der Waals surface area contributed by atoms with Crippen LogP contribution in [0.1, 0.15) is 24.1 Å². The third kappa shape index (κ3) is 4.36. The van der Waals surface area contributed by atoms with Crippen LogP contribution in [0.2, 0.25) is 0 Å². The number of para-hydroxylation sites is 2. The second-order valence-electron chi connectivity index (χ2n) is 5.92. The summed E-state index contributed by atoms with van der Waals surface area (Å²) in [6, 6.07) is 17.0. The van der Waals surface area contributed by atoms with Crippen molar-refractivity contribution in [2.75, 3.05) is 5.32 Å². The van der Waals surface area contributed by atoms with E-state index in [1.807, 2.05) is 49.4 Å². The maximum absolute atomic E-state index is 11.9. The predicted molar refractivity (Wildman–Crippen MR) is 103 cm³/mol. The monoisotopic (exact) mass is 348 g/mol. The Balaban J connectivity index is 1.50. The van der Waals surface area contributed by atoms with Crippen LogP contribution in [0.4, 0.5) is 5.69 Å². The zero-order chi connectivity index (χ0) is 18.4. The minimum absolute atomic E-state index is 0.0723. The molecule has 3 N–H and O–H groups in total. The summed E-state index contributed by atoms with van der Waals surface area (Å²) < 4.78 is 0. The minimum Gasteiger partial charge on any atom is -0.358 e. The summed E-state index contributed by atoms with van der Waals surface area (Å²) in [6.07, 6.45) is 1.79. The molecule has 6 nitrogen and oxygen atoms in total. The molecule has 0 unspecified atom stereocenters. The number of hydrazone groups is 1. The number of fused-ring (bicyclic) bond motifs is 1. The number of nitrogens with one attached hydrogen (secondary N) is 3. The first kappa shape index (κ1) is 17.4. The second-order valence-corrected chi connectivity index (χ2v) is 5.92. The van der Waals surface area contributed by atoms with Gasteiger partial charge in [0, 0.05) is 40.7 Å². The van der Waals surface area contributed by atoms with Gasteiger partial charge in [0.05, 0.1) is 6.21 Å². The molecule has 0 spiro atoms. The summed E-state index contributed by atoms with van der Waals surface area (Å²) in [4.78, 5) is 27.0. The lowest BCUT2D eigenvalue weighted by atomic mass is 10.1. The molecule has 0 aliphatic rings. The molecular weight excluding hydrogens is 328 g/mol. The molecule has 3 aromatic rings.